The number of furan rings is 1. The van der Waals surface area contributed by atoms with E-state index in [9.17, 15) is 4.79 Å². The average Bonchev–Trinajstić information content (AvgIpc) is 3.19. The minimum atomic E-state index is 0.00574. The van der Waals surface area contributed by atoms with Gasteiger partial charge in [-0.3, -0.25) is 4.79 Å². The Kier molecular flexibility index (Phi) is 4.50. The lowest BCUT2D eigenvalue weighted by Gasteiger charge is -2.20. The van der Waals surface area contributed by atoms with E-state index in [1.165, 1.54) is 0 Å². The normalized spacial score (nSPS) is 17.3. The highest BCUT2D eigenvalue weighted by Crippen LogP contribution is 2.26. The summed E-state index contributed by atoms with van der Waals surface area (Å²) >= 11 is 0. The molecule has 1 saturated heterocycles. The van der Waals surface area contributed by atoms with Crippen LogP contribution in [0.4, 0.5) is 5.82 Å². The van der Waals surface area contributed by atoms with Gasteiger partial charge in [0.15, 0.2) is 11.6 Å². The molecule has 6 nitrogen and oxygen atoms in total. The van der Waals surface area contributed by atoms with Gasteiger partial charge in [0.25, 0.3) is 0 Å². The predicted octanol–water partition coefficient (Wildman–Crippen LogP) is 1.96. The number of carbonyl (C=O) groups excluding carboxylic acids is 1. The van der Waals surface area contributed by atoms with E-state index >= 15 is 0 Å². The standard InChI is InChI=1S/C17H21N3O3/c1-19(2)17-15(4-3-7-18-17)23-14-5-8-20(11-14)16(21)10-13-6-9-22-12-13/h3-4,6-7,9,12,14H,5,8,10-11H2,1-2H3/t14-/m0/s1. The molecule has 1 amide bonds. The second-order valence-corrected chi connectivity index (χ2v) is 5.90. The summed E-state index contributed by atoms with van der Waals surface area (Å²) < 4.78 is 11.1. The van der Waals surface area contributed by atoms with Crippen molar-refractivity contribution in [3.8, 4) is 5.75 Å². The number of hydrogen-bond donors (Lipinski definition) is 0. The lowest BCUT2D eigenvalue weighted by atomic mass is 10.2. The minimum absolute atomic E-state index is 0.00574. The van der Waals surface area contributed by atoms with Crippen LogP contribution >= 0.6 is 0 Å². The molecule has 0 spiro atoms. The number of rotatable bonds is 5. The lowest BCUT2D eigenvalue weighted by molar-refractivity contribution is -0.129. The van der Waals surface area contributed by atoms with Crippen LogP contribution in [0.25, 0.3) is 0 Å². The van der Waals surface area contributed by atoms with Crippen molar-refractivity contribution in [2.24, 2.45) is 0 Å². The first-order valence-corrected chi connectivity index (χ1v) is 7.71. The second kappa shape index (κ2) is 6.73. The molecule has 1 fully saturated rings. The Labute approximate surface area is 135 Å². The number of nitrogens with zero attached hydrogens (tertiary/aromatic N) is 3. The smallest absolute Gasteiger partial charge is 0.227 e. The number of aromatic nitrogens is 1. The third kappa shape index (κ3) is 3.64. The highest BCUT2D eigenvalue weighted by atomic mass is 16.5. The molecule has 2 aromatic rings. The number of ether oxygens (including phenoxy) is 1. The number of hydrogen-bond acceptors (Lipinski definition) is 5. The molecule has 0 N–H and O–H groups in total. The molecular formula is C17H21N3O3. The molecule has 2 aromatic heterocycles. The zero-order valence-electron chi connectivity index (χ0n) is 13.4. The Morgan fingerprint density at radius 1 is 1.48 bits per heavy atom. The fourth-order valence-electron chi connectivity index (χ4n) is 2.72. The monoisotopic (exact) mass is 315 g/mol. The van der Waals surface area contributed by atoms with Crippen LogP contribution in [0.1, 0.15) is 12.0 Å². The van der Waals surface area contributed by atoms with Crippen LogP contribution in [0, 0.1) is 0 Å². The first-order chi connectivity index (χ1) is 11.1. The van der Waals surface area contributed by atoms with Gasteiger partial charge in [0.2, 0.25) is 5.91 Å². The fourth-order valence-corrected chi connectivity index (χ4v) is 2.72. The molecule has 0 aromatic carbocycles. The van der Waals surface area contributed by atoms with Gasteiger partial charge < -0.3 is 19.0 Å². The van der Waals surface area contributed by atoms with Crippen LogP contribution < -0.4 is 9.64 Å². The van der Waals surface area contributed by atoms with Crippen LogP contribution in [-0.2, 0) is 11.2 Å². The zero-order valence-corrected chi connectivity index (χ0v) is 13.4. The van der Waals surface area contributed by atoms with Crippen LogP contribution in [-0.4, -0.2) is 49.1 Å². The van der Waals surface area contributed by atoms with Gasteiger partial charge in [0, 0.05) is 33.3 Å². The maximum Gasteiger partial charge on any atom is 0.227 e. The molecule has 0 saturated carbocycles. The van der Waals surface area contributed by atoms with E-state index in [2.05, 4.69) is 4.98 Å². The quantitative estimate of drug-likeness (QED) is 0.844. The van der Waals surface area contributed by atoms with E-state index < -0.39 is 0 Å². The van der Waals surface area contributed by atoms with Gasteiger partial charge in [-0.2, -0.15) is 0 Å². The average molecular weight is 315 g/mol. The zero-order chi connectivity index (χ0) is 16.2. The largest absolute Gasteiger partial charge is 0.485 e. The van der Waals surface area contributed by atoms with Crippen LogP contribution in [0.5, 0.6) is 5.75 Å². The summed E-state index contributed by atoms with van der Waals surface area (Å²) in [6.07, 6.45) is 6.16. The summed E-state index contributed by atoms with van der Waals surface area (Å²) in [4.78, 5) is 20.4. The summed E-state index contributed by atoms with van der Waals surface area (Å²) in [6, 6.07) is 5.60. The summed E-state index contributed by atoms with van der Waals surface area (Å²) in [5.41, 5.74) is 0.904. The van der Waals surface area contributed by atoms with Gasteiger partial charge in [-0.25, -0.2) is 4.98 Å². The van der Waals surface area contributed by atoms with Crippen LogP contribution in [0.3, 0.4) is 0 Å². The molecule has 3 rings (SSSR count). The second-order valence-electron chi connectivity index (χ2n) is 5.90. The molecule has 23 heavy (non-hydrogen) atoms. The van der Waals surface area contributed by atoms with Crippen molar-refractivity contribution in [2.75, 3.05) is 32.1 Å². The van der Waals surface area contributed by atoms with Gasteiger partial charge in [-0.15, -0.1) is 0 Å². The third-order valence-electron chi connectivity index (χ3n) is 3.90. The molecule has 3 heterocycles. The Morgan fingerprint density at radius 2 is 2.35 bits per heavy atom. The third-order valence-corrected chi connectivity index (χ3v) is 3.90. The van der Waals surface area contributed by atoms with E-state index in [4.69, 9.17) is 9.15 Å². The first-order valence-electron chi connectivity index (χ1n) is 7.71. The molecule has 122 valence electrons. The van der Waals surface area contributed by atoms with E-state index in [0.29, 0.717) is 13.0 Å². The van der Waals surface area contributed by atoms with Gasteiger partial charge in [0.05, 0.1) is 25.5 Å². The maximum atomic E-state index is 12.3. The molecule has 0 unspecified atom stereocenters. The van der Waals surface area contributed by atoms with Crippen molar-refractivity contribution in [2.45, 2.75) is 18.9 Å². The predicted molar refractivity (Wildman–Crippen MR) is 86.6 cm³/mol. The lowest BCUT2D eigenvalue weighted by Crippen LogP contribution is -2.32. The van der Waals surface area contributed by atoms with Crippen LogP contribution in [0.2, 0.25) is 0 Å². The number of likely N-dealkylation sites (tertiary alicyclic amines) is 1. The highest BCUT2D eigenvalue weighted by Gasteiger charge is 2.28. The Bertz CT molecular complexity index is 655. The molecule has 1 aliphatic heterocycles. The van der Waals surface area contributed by atoms with Crippen LogP contribution in [0.15, 0.2) is 41.3 Å². The molecule has 0 bridgehead atoms. The van der Waals surface area contributed by atoms with Crippen molar-refractivity contribution < 1.29 is 13.9 Å². The number of amides is 1. The van der Waals surface area contributed by atoms with Crippen molar-refractivity contribution in [1.29, 1.82) is 0 Å². The van der Waals surface area contributed by atoms with E-state index in [-0.39, 0.29) is 12.0 Å². The number of pyridine rings is 1. The summed E-state index contributed by atoms with van der Waals surface area (Å²) in [5, 5.41) is 0. The van der Waals surface area contributed by atoms with Gasteiger partial charge >= 0.3 is 0 Å². The number of carbonyl (C=O) groups is 1. The van der Waals surface area contributed by atoms with E-state index in [1.54, 1.807) is 18.7 Å². The summed E-state index contributed by atoms with van der Waals surface area (Å²) in [6.45, 7) is 1.33. The van der Waals surface area contributed by atoms with Crippen molar-refractivity contribution in [3.63, 3.8) is 0 Å². The van der Waals surface area contributed by atoms with Crippen molar-refractivity contribution in [1.82, 2.24) is 9.88 Å². The summed E-state index contributed by atoms with van der Waals surface area (Å²) in [7, 11) is 3.87. The maximum absolute atomic E-state index is 12.3. The Hall–Kier alpha value is -2.50. The molecule has 6 heteroatoms. The Morgan fingerprint density at radius 3 is 3.09 bits per heavy atom. The van der Waals surface area contributed by atoms with Crippen molar-refractivity contribution in [3.05, 3.63) is 42.5 Å². The van der Waals surface area contributed by atoms with Gasteiger partial charge in [-0.1, -0.05) is 0 Å². The van der Waals surface area contributed by atoms with Gasteiger partial charge in [-0.05, 0) is 23.8 Å². The molecule has 0 radical (unpaired) electrons. The topological polar surface area (TPSA) is 58.8 Å². The first kappa shape index (κ1) is 15.4. The highest BCUT2D eigenvalue weighted by molar-refractivity contribution is 5.79. The SMILES string of the molecule is CN(C)c1ncccc1O[C@H]1CCN(C(=O)Cc2ccoc2)C1. The molecular weight excluding hydrogens is 294 g/mol. The Balaban J connectivity index is 1.59. The molecule has 1 aliphatic rings. The fraction of sp³-hybridized carbons (Fsp3) is 0.412. The van der Waals surface area contributed by atoms with Crippen molar-refractivity contribution >= 4 is 11.7 Å². The van der Waals surface area contributed by atoms with Gasteiger partial charge in [0.1, 0.15) is 6.10 Å². The molecule has 0 aliphatic carbocycles. The molecule has 1 atom stereocenters. The van der Waals surface area contributed by atoms with E-state index in [0.717, 1.165) is 30.1 Å². The van der Waals surface area contributed by atoms with E-state index in [1.807, 2.05) is 42.1 Å². The minimum Gasteiger partial charge on any atom is -0.485 e. The summed E-state index contributed by atoms with van der Waals surface area (Å²) in [5.74, 6) is 1.67. The number of anilines is 1.